The van der Waals surface area contributed by atoms with Gasteiger partial charge in [0.1, 0.15) is 5.82 Å². The van der Waals surface area contributed by atoms with Crippen molar-refractivity contribution in [3.63, 3.8) is 0 Å². The summed E-state index contributed by atoms with van der Waals surface area (Å²) in [5, 5.41) is 18.8. The van der Waals surface area contributed by atoms with E-state index in [2.05, 4.69) is 20.5 Å². The maximum Gasteiger partial charge on any atom is 0.224 e. The molecule has 0 saturated carbocycles. The number of nitrogens with zero attached hydrogens (tertiary/aromatic N) is 2. The number of H-pyrrole nitrogens is 1. The number of anilines is 1. The van der Waals surface area contributed by atoms with Crippen LogP contribution in [0.1, 0.15) is 25.6 Å². The topological polar surface area (TPSA) is 90.9 Å². The zero-order valence-electron chi connectivity index (χ0n) is 11.6. The van der Waals surface area contributed by atoms with E-state index in [1.165, 1.54) is 0 Å². The first-order chi connectivity index (χ1) is 9.54. The van der Waals surface area contributed by atoms with Crippen LogP contribution in [-0.2, 0) is 4.79 Å². The third-order valence-corrected chi connectivity index (χ3v) is 2.79. The van der Waals surface area contributed by atoms with Crippen LogP contribution in [0.25, 0.3) is 11.4 Å². The quantitative estimate of drug-likeness (QED) is 0.776. The molecule has 1 atom stereocenters. The Morgan fingerprint density at radius 2 is 2.30 bits per heavy atom. The molecule has 3 N–H and O–H groups in total. The van der Waals surface area contributed by atoms with Crippen molar-refractivity contribution in [3.8, 4) is 11.4 Å². The Labute approximate surface area is 117 Å². The minimum Gasteiger partial charge on any atom is -0.393 e. The van der Waals surface area contributed by atoms with E-state index in [0.717, 1.165) is 11.4 Å². The van der Waals surface area contributed by atoms with E-state index in [1.54, 1.807) is 6.92 Å². The molecule has 1 aromatic heterocycles. The van der Waals surface area contributed by atoms with E-state index in [4.69, 9.17) is 5.11 Å². The van der Waals surface area contributed by atoms with Crippen LogP contribution >= 0.6 is 0 Å². The van der Waals surface area contributed by atoms with Gasteiger partial charge < -0.3 is 10.4 Å². The molecule has 20 heavy (non-hydrogen) atoms. The lowest BCUT2D eigenvalue weighted by atomic mass is 10.1. The van der Waals surface area contributed by atoms with Crippen molar-refractivity contribution in [1.82, 2.24) is 15.2 Å². The summed E-state index contributed by atoms with van der Waals surface area (Å²) >= 11 is 0. The van der Waals surface area contributed by atoms with Gasteiger partial charge in [-0.2, -0.15) is 5.10 Å². The number of aliphatic hydroxyl groups excluding tert-OH is 1. The fourth-order valence-corrected chi connectivity index (χ4v) is 1.77. The minimum atomic E-state index is -0.469. The second kappa shape index (κ2) is 6.29. The molecular weight excluding hydrogens is 256 g/mol. The lowest BCUT2D eigenvalue weighted by Gasteiger charge is -2.07. The molecule has 1 aromatic carbocycles. The van der Waals surface area contributed by atoms with Gasteiger partial charge in [-0.25, -0.2) is 4.98 Å². The van der Waals surface area contributed by atoms with Crippen LogP contribution in [0.4, 0.5) is 5.69 Å². The van der Waals surface area contributed by atoms with Gasteiger partial charge >= 0.3 is 0 Å². The van der Waals surface area contributed by atoms with Gasteiger partial charge in [-0.05, 0) is 32.4 Å². The highest BCUT2D eigenvalue weighted by atomic mass is 16.3. The van der Waals surface area contributed by atoms with Crippen molar-refractivity contribution in [2.45, 2.75) is 32.8 Å². The SMILES string of the molecule is Cc1nc(-c2cccc(NC(=O)CCC(C)O)c2)n[nH]1. The average molecular weight is 274 g/mol. The molecule has 0 fully saturated rings. The first-order valence-corrected chi connectivity index (χ1v) is 6.52. The highest BCUT2D eigenvalue weighted by Gasteiger charge is 2.07. The van der Waals surface area contributed by atoms with E-state index in [-0.39, 0.29) is 5.91 Å². The zero-order valence-corrected chi connectivity index (χ0v) is 11.6. The second-order valence-electron chi connectivity index (χ2n) is 4.76. The molecule has 6 heteroatoms. The number of carbonyl (C=O) groups is 1. The molecule has 1 unspecified atom stereocenters. The highest BCUT2D eigenvalue weighted by molar-refractivity contribution is 5.91. The van der Waals surface area contributed by atoms with Crippen molar-refractivity contribution >= 4 is 11.6 Å². The Morgan fingerprint density at radius 3 is 2.95 bits per heavy atom. The van der Waals surface area contributed by atoms with Crippen LogP contribution in [0.15, 0.2) is 24.3 Å². The van der Waals surface area contributed by atoms with Gasteiger partial charge in [-0.15, -0.1) is 0 Å². The summed E-state index contributed by atoms with van der Waals surface area (Å²) < 4.78 is 0. The number of rotatable bonds is 5. The fourth-order valence-electron chi connectivity index (χ4n) is 1.77. The Morgan fingerprint density at radius 1 is 1.50 bits per heavy atom. The van der Waals surface area contributed by atoms with Gasteiger partial charge in [0, 0.05) is 17.7 Å². The first kappa shape index (κ1) is 14.2. The summed E-state index contributed by atoms with van der Waals surface area (Å²) in [4.78, 5) is 16.0. The molecule has 0 aliphatic carbocycles. The van der Waals surface area contributed by atoms with Crippen molar-refractivity contribution in [3.05, 3.63) is 30.1 Å². The van der Waals surface area contributed by atoms with Crippen LogP contribution < -0.4 is 5.32 Å². The molecular formula is C14H18N4O2. The maximum atomic E-state index is 11.7. The third-order valence-electron chi connectivity index (χ3n) is 2.79. The molecule has 2 rings (SSSR count). The number of carbonyl (C=O) groups excluding carboxylic acids is 1. The number of aryl methyl sites for hydroxylation is 1. The summed E-state index contributed by atoms with van der Waals surface area (Å²) in [5.74, 6) is 1.23. The number of hydrogen-bond donors (Lipinski definition) is 3. The predicted octanol–water partition coefficient (Wildman–Crippen LogP) is 1.88. The molecule has 2 aromatic rings. The Bertz CT molecular complexity index is 592. The monoisotopic (exact) mass is 274 g/mol. The van der Waals surface area contributed by atoms with E-state index >= 15 is 0 Å². The number of hydrogen-bond acceptors (Lipinski definition) is 4. The Balaban J connectivity index is 2.05. The van der Waals surface area contributed by atoms with Gasteiger partial charge in [0.15, 0.2) is 5.82 Å². The molecule has 106 valence electrons. The summed E-state index contributed by atoms with van der Waals surface area (Å²) in [6.45, 7) is 3.50. The number of aromatic amines is 1. The number of amides is 1. The normalized spacial score (nSPS) is 12.2. The molecule has 6 nitrogen and oxygen atoms in total. The van der Waals surface area contributed by atoms with Gasteiger partial charge in [-0.1, -0.05) is 12.1 Å². The van der Waals surface area contributed by atoms with Crippen molar-refractivity contribution < 1.29 is 9.90 Å². The van der Waals surface area contributed by atoms with Gasteiger partial charge in [0.05, 0.1) is 6.10 Å². The number of aliphatic hydroxyl groups is 1. The van der Waals surface area contributed by atoms with Gasteiger partial charge in [0.2, 0.25) is 5.91 Å². The number of aromatic nitrogens is 3. The van der Waals surface area contributed by atoms with E-state index in [1.807, 2.05) is 31.2 Å². The largest absolute Gasteiger partial charge is 0.393 e. The highest BCUT2D eigenvalue weighted by Crippen LogP contribution is 2.19. The second-order valence-corrected chi connectivity index (χ2v) is 4.76. The fraction of sp³-hybridized carbons (Fsp3) is 0.357. The summed E-state index contributed by atoms with van der Waals surface area (Å²) in [5.41, 5.74) is 1.53. The standard InChI is InChI=1S/C14H18N4O2/c1-9(19)6-7-13(20)16-12-5-3-4-11(8-12)14-15-10(2)17-18-14/h3-5,8-9,19H,6-7H2,1-2H3,(H,16,20)(H,15,17,18). The first-order valence-electron chi connectivity index (χ1n) is 6.52. The van der Waals surface area contributed by atoms with E-state index in [9.17, 15) is 4.79 Å². The summed E-state index contributed by atoms with van der Waals surface area (Å²) in [7, 11) is 0. The van der Waals surface area contributed by atoms with Crippen LogP contribution in [-0.4, -0.2) is 32.3 Å². The summed E-state index contributed by atoms with van der Waals surface area (Å²) in [6.07, 6.45) is 0.274. The van der Waals surface area contributed by atoms with Gasteiger partial charge in [-0.3, -0.25) is 9.89 Å². The van der Waals surface area contributed by atoms with E-state index in [0.29, 0.717) is 24.4 Å². The van der Waals surface area contributed by atoms with Crippen molar-refractivity contribution in [2.24, 2.45) is 0 Å². The molecule has 0 spiro atoms. The van der Waals surface area contributed by atoms with Crippen molar-refractivity contribution in [1.29, 1.82) is 0 Å². The van der Waals surface area contributed by atoms with Crippen molar-refractivity contribution in [2.75, 3.05) is 5.32 Å². The molecule has 0 aliphatic rings. The molecule has 1 amide bonds. The minimum absolute atomic E-state index is 0.116. The molecule has 1 heterocycles. The number of nitrogens with one attached hydrogen (secondary N) is 2. The maximum absolute atomic E-state index is 11.7. The molecule has 0 bridgehead atoms. The Kier molecular flexibility index (Phi) is 4.47. The van der Waals surface area contributed by atoms with Crippen LogP contribution in [0.5, 0.6) is 0 Å². The number of benzene rings is 1. The Hall–Kier alpha value is -2.21. The molecule has 0 radical (unpaired) electrons. The molecule has 0 saturated heterocycles. The smallest absolute Gasteiger partial charge is 0.224 e. The van der Waals surface area contributed by atoms with Crippen LogP contribution in [0.2, 0.25) is 0 Å². The lowest BCUT2D eigenvalue weighted by molar-refractivity contribution is -0.116. The lowest BCUT2D eigenvalue weighted by Crippen LogP contribution is -2.14. The third kappa shape index (κ3) is 3.89. The summed E-state index contributed by atoms with van der Waals surface area (Å²) in [6, 6.07) is 7.35. The van der Waals surface area contributed by atoms with E-state index < -0.39 is 6.10 Å². The molecule has 0 aliphatic heterocycles. The van der Waals surface area contributed by atoms with Crippen LogP contribution in [0, 0.1) is 6.92 Å². The van der Waals surface area contributed by atoms with Crippen LogP contribution in [0.3, 0.4) is 0 Å². The van der Waals surface area contributed by atoms with Gasteiger partial charge in [0.25, 0.3) is 0 Å². The predicted molar refractivity (Wildman–Crippen MR) is 76.1 cm³/mol. The average Bonchev–Trinajstić information content (AvgIpc) is 2.83. The zero-order chi connectivity index (χ0) is 14.5.